The van der Waals surface area contributed by atoms with Gasteiger partial charge < -0.3 is 19.5 Å². The molecule has 3 aromatic carbocycles. The Kier molecular flexibility index (Phi) is 8.50. The molecule has 35 heavy (non-hydrogen) atoms. The van der Waals surface area contributed by atoms with E-state index < -0.39 is 30.8 Å². The molecule has 3 rings (SSSR count). The zero-order chi connectivity index (χ0) is 25.5. The minimum absolute atomic E-state index is 0.0107. The number of hydrogen-bond acceptors (Lipinski definition) is 4. The Hall–Kier alpha value is -3.40. The SMILES string of the molecule is OC(CCCN(Cc1cccc(OC(F)(F)F)c1)c1cccc(Oc2ccccc2)c1)C(F)(F)F. The molecule has 0 bridgehead atoms. The molecule has 0 heterocycles. The van der Waals surface area contributed by atoms with Crippen LogP contribution in [0.25, 0.3) is 0 Å². The van der Waals surface area contributed by atoms with Gasteiger partial charge in [0.15, 0.2) is 0 Å². The fraction of sp³-hybridized carbons (Fsp3) is 0.280. The summed E-state index contributed by atoms with van der Waals surface area (Å²) in [5.41, 5.74) is 1.04. The van der Waals surface area contributed by atoms with Crippen LogP contribution in [-0.2, 0) is 6.54 Å². The Balaban J connectivity index is 1.80. The van der Waals surface area contributed by atoms with E-state index >= 15 is 0 Å². The lowest BCUT2D eigenvalue weighted by atomic mass is 10.1. The summed E-state index contributed by atoms with van der Waals surface area (Å²) >= 11 is 0. The second-order valence-electron chi connectivity index (χ2n) is 7.73. The first kappa shape index (κ1) is 26.2. The predicted molar refractivity (Wildman–Crippen MR) is 118 cm³/mol. The van der Waals surface area contributed by atoms with Crippen LogP contribution in [0.2, 0.25) is 0 Å². The van der Waals surface area contributed by atoms with Gasteiger partial charge in [-0.25, -0.2) is 0 Å². The topological polar surface area (TPSA) is 41.9 Å². The second-order valence-corrected chi connectivity index (χ2v) is 7.73. The highest BCUT2D eigenvalue weighted by molar-refractivity contribution is 5.52. The van der Waals surface area contributed by atoms with E-state index in [1.807, 2.05) is 6.07 Å². The third-order valence-electron chi connectivity index (χ3n) is 4.95. The van der Waals surface area contributed by atoms with Crippen molar-refractivity contribution in [3.05, 3.63) is 84.4 Å². The lowest BCUT2D eigenvalue weighted by molar-refractivity contribution is -0.274. The maximum absolute atomic E-state index is 12.7. The summed E-state index contributed by atoms with van der Waals surface area (Å²) in [4.78, 5) is 1.70. The smallest absolute Gasteiger partial charge is 0.457 e. The highest BCUT2D eigenvalue weighted by Gasteiger charge is 2.37. The summed E-state index contributed by atoms with van der Waals surface area (Å²) in [5.74, 6) is 0.660. The summed E-state index contributed by atoms with van der Waals surface area (Å²) < 4.78 is 85.7. The van der Waals surface area contributed by atoms with Gasteiger partial charge >= 0.3 is 12.5 Å². The van der Waals surface area contributed by atoms with Crippen molar-refractivity contribution in [2.24, 2.45) is 0 Å². The van der Waals surface area contributed by atoms with Crippen LogP contribution in [-0.4, -0.2) is 30.3 Å². The van der Waals surface area contributed by atoms with Gasteiger partial charge in [-0.1, -0.05) is 36.4 Å². The Bertz CT molecular complexity index is 1070. The zero-order valence-electron chi connectivity index (χ0n) is 18.4. The van der Waals surface area contributed by atoms with Crippen molar-refractivity contribution >= 4 is 5.69 Å². The van der Waals surface area contributed by atoms with Gasteiger partial charge in [-0.15, -0.1) is 13.2 Å². The van der Waals surface area contributed by atoms with E-state index in [1.54, 1.807) is 59.5 Å². The van der Waals surface area contributed by atoms with Gasteiger partial charge in [-0.2, -0.15) is 13.2 Å². The Morgan fingerprint density at radius 3 is 2.11 bits per heavy atom. The molecule has 0 saturated heterocycles. The van der Waals surface area contributed by atoms with Crippen LogP contribution in [0.3, 0.4) is 0 Å². The van der Waals surface area contributed by atoms with Crippen molar-refractivity contribution in [2.75, 3.05) is 11.4 Å². The van der Waals surface area contributed by atoms with Crippen LogP contribution in [0.1, 0.15) is 18.4 Å². The van der Waals surface area contributed by atoms with Crippen LogP contribution < -0.4 is 14.4 Å². The normalized spacial score (nSPS) is 12.8. The third kappa shape index (κ3) is 8.71. The Morgan fingerprint density at radius 1 is 0.771 bits per heavy atom. The van der Waals surface area contributed by atoms with Crippen molar-refractivity contribution in [1.29, 1.82) is 0 Å². The maximum atomic E-state index is 12.7. The van der Waals surface area contributed by atoms with E-state index in [-0.39, 0.29) is 19.5 Å². The van der Waals surface area contributed by atoms with Gasteiger partial charge in [0.05, 0.1) is 0 Å². The first-order valence-corrected chi connectivity index (χ1v) is 10.7. The molecule has 1 atom stereocenters. The summed E-state index contributed by atoms with van der Waals surface area (Å²) in [7, 11) is 0. The predicted octanol–water partition coefficient (Wildman–Crippen LogP) is 7.09. The first-order chi connectivity index (χ1) is 16.5. The summed E-state index contributed by atoms with van der Waals surface area (Å²) in [6, 6.07) is 21.1. The standard InChI is InChI=1S/C25H23F6NO3/c26-24(27,28)23(33)13-6-14-32(17-18-7-4-12-22(15-18)35-25(29,30)31)19-8-5-11-21(16-19)34-20-9-2-1-3-10-20/h1-5,7-12,15-16,23,33H,6,13-14,17H2. The first-order valence-electron chi connectivity index (χ1n) is 10.7. The van der Waals surface area contributed by atoms with Gasteiger partial charge in [0, 0.05) is 24.8 Å². The molecule has 0 amide bonds. The fourth-order valence-corrected chi connectivity index (χ4v) is 3.37. The Morgan fingerprint density at radius 2 is 1.43 bits per heavy atom. The number of para-hydroxylation sites is 1. The van der Waals surface area contributed by atoms with Crippen molar-refractivity contribution in [2.45, 2.75) is 38.0 Å². The number of nitrogens with zero attached hydrogens (tertiary/aromatic N) is 1. The van der Waals surface area contributed by atoms with Crippen molar-refractivity contribution in [1.82, 2.24) is 0 Å². The van der Waals surface area contributed by atoms with Crippen molar-refractivity contribution in [3.8, 4) is 17.2 Å². The molecule has 1 unspecified atom stereocenters. The van der Waals surface area contributed by atoms with Crippen LogP contribution in [0.15, 0.2) is 78.9 Å². The number of alkyl halides is 6. The monoisotopic (exact) mass is 499 g/mol. The van der Waals surface area contributed by atoms with Crippen LogP contribution in [0, 0.1) is 0 Å². The quantitative estimate of drug-likeness (QED) is 0.303. The molecule has 0 aliphatic heterocycles. The molecule has 188 valence electrons. The zero-order valence-corrected chi connectivity index (χ0v) is 18.4. The van der Waals surface area contributed by atoms with Gasteiger partial charge in [0.2, 0.25) is 0 Å². The van der Waals surface area contributed by atoms with Crippen LogP contribution >= 0.6 is 0 Å². The van der Waals surface area contributed by atoms with Crippen molar-refractivity contribution < 1.29 is 40.9 Å². The van der Waals surface area contributed by atoms with Crippen molar-refractivity contribution in [3.63, 3.8) is 0 Å². The number of aliphatic hydroxyl groups is 1. The highest BCUT2D eigenvalue weighted by Crippen LogP contribution is 2.29. The van der Waals surface area contributed by atoms with Gasteiger partial charge in [0.1, 0.15) is 23.4 Å². The minimum atomic E-state index is -4.85. The molecule has 0 aliphatic carbocycles. The van der Waals surface area contributed by atoms with E-state index in [0.717, 1.165) is 6.07 Å². The molecule has 0 spiro atoms. The number of ether oxygens (including phenoxy) is 2. The van der Waals surface area contributed by atoms with E-state index in [2.05, 4.69) is 4.74 Å². The molecule has 1 N–H and O–H groups in total. The number of anilines is 1. The van der Waals surface area contributed by atoms with E-state index in [4.69, 9.17) is 4.74 Å². The molecule has 0 fully saturated rings. The number of benzene rings is 3. The number of hydrogen-bond donors (Lipinski definition) is 1. The largest absolute Gasteiger partial charge is 0.573 e. The Labute approximate surface area is 198 Å². The average Bonchev–Trinajstić information content (AvgIpc) is 2.78. The van der Waals surface area contributed by atoms with E-state index in [9.17, 15) is 31.4 Å². The van der Waals surface area contributed by atoms with Gasteiger partial charge in [-0.05, 0) is 54.8 Å². The molecule has 0 aromatic heterocycles. The minimum Gasteiger partial charge on any atom is -0.457 e. The summed E-state index contributed by atoms with van der Waals surface area (Å²) in [6.07, 6.45) is -12.6. The number of halogens is 6. The summed E-state index contributed by atoms with van der Waals surface area (Å²) in [5, 5.41) is 9.33. The fourth-order valence-electron chi connectivity index (χ4n) is 3.37. The average molecular weight is 499 g/mol. The summed E-state index contributed by atoms with van der Waals surface area (Å²) in [6.45, 7) is 0.193. The molecule has 0 saturated carbocycles. The lowest BCUT2D eigenvalue weighted by Crippen LogP contribution is -2.30. The molecule has 3 aromatic rings. The van der Waals surface area contributed by atoms with E-state index in [1.165, 1.54) is 12.1 Å². The van der Waals surface area contributed by atoms with Crippen LogP contribution in [0.4, 0.5) is 32.0 Å². The molecular formula is C25H23F6NO3. The third-order valence-corrected chi connectivity index (χ3v) is 4.95. The van der Waals surface area contributed by atoms with Gasteiger partial charge in [0.25, 0.3) is 0 Å². The maximum Gasteiger partial charge on any atom is 0.573 e. The molecule has 0 radical (unpaired) electrons. The number of rotatable bonds is 10. The lowest BCUT2D eigenvalue weighted by Gasteiger charge is -2.26. The molecule has 4 nitrogen and oxygen atoms in total. The number of aliphatic hydroxyl groups excluding tert-OH is 1. The highest BCUT2D eigenvalue weighted by atomic mass is 19.4. The van der Waals surface area contributed by atoms with Crippen LogP contribution in [0.5, 0.6) is 17.2 Å². The molecular weight excluding hydrogens is 476 g/mol. The van der Waals surface area contributed by atoms with Gasteiger partial charge in [-0.3, -0.25) is 0 Å². The van der Waals surface area contributed by atoms with E-state index in [0.29, 0.717) is 22.7 Å². The molecule has 0 aliphatic rings. The second kappa shape index (κ2) is 11.4. The molecule has 10 heteroatoms.